The molecule has 0 unspecified atom stereocenters. The molecule has 140 valence electrons. The molecular formula is C19H12F3N5O. The lowest BCUT2D eigenvalue weighted by atomic mass is 10.1. The summed E-state index contributed by atoms with van der Waals surface area (Å²) in [5.74, 6) is 0. The van der Waals surface area contributed by atoms with Crippen molar-refractivity contribution in [2.75, 3.05) is 16.3 Å². The van der Waals surface area contributed by atoms with Crippen molar-refractivity contribution in [3.8, 4) is 0 Å². The lowest BCUT2D eigenvalue weighted by Gasteiger charge is -2.19. The molecule has 0 radical (unpaired) electrons. The van der Waals surface area contributed by atoms with Crippen molar-refractivity contribution in [1.29, 1.82) is 0 Å². The number of fused-ring (bicyclic) bond motifs is 1. The maximum absolute atomic E-state index is 13.0. The first kappa shape index (κ1) is 17.7. The van der Waals surface area contributed by atoms with Crippen molar-refractivity contribution in [2.24, 2.45) is 0 Å². The maximum Gasteiger partial charge on any atom is 0.433 e. The largest absolute Gasteiger partial charge is 0.433 e. The molecular weight excluding hydrogens is 371 g/mol. The van der Waals surface area contributed by atoms with Crippen LogP contribution in [0.3, 0.4) is 0 Å². The third-order valence-corrected chi connectivity index (χ3v) is 4.49. The molecule has 0 N–H and O–H groups in total. The van der Waals surface area contributed by atoms with E-state index in [0.29, 0.717) is 5.69 Å². The molecule has 2 aromatic heterocycles. The van der Waals surface area contributed by atoms with Crippen molar-refractivity contribution >= 4 is 28.2 Å². The van der Waals surface area contributed by atoms with E-state index in [0.717, 1.165) is 23.0 Å². The number of benzene rings is 1. The Kier molecular flexibility index (Phi) is 4.11. The first-order chi connectivity index (χ1) is 13.4. The third-order valence-electron chi connectivity index (χ3n) is 4.49. The molecule has 1 fully saturated rings. The van der Waals surface area contributed by atoms with Crippen molar-refractivity contribution in [1.82, 2.24) is 9.97 Å². The Morgan fingerprint density at radius 2 is 1.89 bits per heavy atom. The summed E-state index contributed by atoms with van der Waals surface area (Å²) >= 11 is 0. The highest BCUT2D eigenvalue weighted by Gasteiger charge is 2.44. The third kappa shape index (κ3) is 2.89. The number of urea groups is 1. The number of rotatable bonds is 2. The van der Waals surface area contributed by atoms with Gasteiger partial charge in [-0.15, -0.1) is 0 Å². The monoisotopic (exact) mass is 383 g/mol. The average molecular weight is 383 g/mol. The first-order valence-corrected chi connectivity index (χ1v) is 8.23. The minimum absolute atomic E-state index is 0.0125. The van der Waals surface area contributed by atoms with Gasteiger partial charge in [0.1, 0.15) is 12.2 Å². The number of hydrogen-bond acceptors (Lipinski definition) is 3. The van der Waals surface area contributed by atoms with Gasteiger partial charge in [0.15, 0.2) is 0 Å². The van der Waals surface area contributed by atoms with Crippen LogP contribution in [0, 0.1) is 6.57 Å². The summed E-state index contributed by atoms with van der Waals surface area (Å²) in [6.45, 7) is 7.48. The summed E-state index contributed by atoms with van der Waals surface area (Å²) in [6.07, 6.45) is -1.24. The summed E-state index contributed by atoms with van der Waals surface area (Å²) in [5, 5.41) is 1.57. The molecule has 4 rings (SSSR count). The van der Waals surface area contributed by atoms with E-state index in [4.69, 9.17) is 6.57 Å². The normalized spacial score (nSPS) is 17.2. The molecule has 1 saturated heterocycles. The highest BCUT2D eigenvalue weighted by atomic mass is 19.4. The maximum atomic E-state index is 13.0. The second kappa shape index (κ2) is 6.49. The van der Waals surface area contributed by atoms with Crippen LogP contribution in [0.15, 0.2) is 55.0 Å². The highest BCUT2D eigenvalue weighted by Crippen LogP contribution is 2.34. The Bertz CT molecular complexity index is 1090. The van der Waals surface area contributed by atoms with E-state index < -0.39 is 24.1 Å². The predicted octanol–water partition coefficient (Wildman–Crippen LogP) is 4.34. The lowest BCUT2D eigenvalue weighted by Crippen LogP contribution is -2.34. The Hall–Kier alpha value is -3.67. The van der Waals surface area contributed by atoms with Gasteiger partial charge in [-0.05, 0) is 12.1 Å². The van der Waals surface area contributed by atoms with Gasteiger partial charge in [-0.2, -0.15) is 13.2 Å². The van der Waals surface area contributed by atoms with Gasteiger partial charge in [0.2, 0.25) is 0 Å². The van der Waals surface area contributed by atoms with Crippen LogP contribution in [0.25, 0.3) is 15.6 Å². The van der Waals surface area contributed by atoms with Crippen LogP contribution in [-0.4, -0.2) is 28.7 Å². The zero-order valence-corrected chi connectivity index (χ0v) is 14.3. The van der Waals surface area contributed by atoms with Gasteiger partial charge < -0.3 is 0 Å². The smallest absolute Gasteiger partial charge is 0.287 e. The fourth-order valence-corrected chi connectivity index (χ4v) is 3.16. The van der Waals surface area contributed by atoms with Gasteiger partial charge >= 0.3 is 18.4 Å². The van der Waals surface area contributed by atoms with Crippen molar-refractivity contribution in [3.05, 3.63) is 72.1 Å². The van der Waals surface area contributed by atoms with Crippen LogP contribution >= 0.6 is 0 Å². The van der Waals surface area contributed by atoms with E-state index in [1.165, 1.54) is 22.1 Å². The van der Waals surface area contributed by atoms with Gasteiger partial charge in [0.05, 0.1) is 23.8 Å². The predicted molar refractivity (Wildman–Crippen MR) is 96.6 cm³/mol. The van der Waals surface area contributed by atoms with Crippen molar-refractivity contribution in [2.45, 2.75) is 12.3 Å². The van der Waals surface area contributed by atoms with Crippen LogP contribution in [-0.2, 0) is 6.18 Å². The van der Waals surface area contributed by atoms with Gasteiger partial charge in [0.25, 0.3) is 0 Å². The fraction of sp³-hybridized carbons (Fsp3) is 0.158. The minimum atomic E-state index is -4.56. The number of amides is 2. The molecule has 0 saturated carbocycles. The first-order valence-electron chi connectivity index (χ1n) is 8.23. The van der Waals surface area contributed by atoms with Gasteiger partial charge in [-0.25, -0.2) is 21.3 Å². The number of aromatic nitrogens is 2. The fourth-order valence-electron chi connectivity index (χ4n) is 3.16. The number of nitrogens with zero attached hydrogens (tertiary/aromatic N) is 5. The molecule has 1 aliphatic rings. The molecule has 0 spiro atoms. The SMILES string of the molecule is [C-]#[N+][C@H]1CN(c2ccc(C(F)(F)F)nc2)C(=O)N1c1cncc2ccccc12. The Balaban J connectivity index is 1.73. The minimum Gasteiger partial charge on any atom is -0.287 e. The van der Waals surface area contributed by atoms with Crippen LogP contribution in [0.2, 0.25) is 0 Å². The molecule has 28 heavy (non-hydrogen) atoms. The molecule has 0 bridgehead atoms. The van der Waals surface area contributed by atoms with E-state index in [9.17, 15) is 18.0 Å². The van der Waals surface area contributed by atoms with Crippen LogP contribution < -0.4 is 9.80 Å². The van der Waals surface area contributed by atoms with Crippen LogP contribution in [0.4, 0.5) is 29.3 Å². The second-order valence-electron chi connectivity index (χ2n) is 6.15. The van der Waals surface area contributed by atoms with Gasteiger partial charge in [0, 0.05) is 17.0 Å². The van der Waals surface area contributed by atoms with Crippen molar-refractivity contribution < 1.29 is 18.0 Å². The number of anilines is 2. The Morgan fingerprint density at radius 1 is 1.11 bits per heavy atom. The number of halogens is 3. The topological polar surface area (TPSA) is 53.7 Å². The van der Waals surface area contributed by atoms with E-state index in [1.54, 1.807) is 6.20 Å². The van der Waals surface area contributed by atoms with E-state index in [1.807, 2.05) is 24.3 Å². The summed E-state index contributed by atoms with van der Waals surface area (Å²) in [7, 11) is 0. The van der Waals surface area contributed by atoms with Crippen LogP contribution in [0.1, 0.15) is 5.69 Å². The van der Waals surface area contributed by atoms with Crippen molar-refractivity contribution in [3.63, 3.8) is 0 Å². The summed E-state index contributed by atoms with van der Waals surface area (Å²) in [5.41, 5.74) is -0.367. The summed E-state index contributed by atoms with van der Waals surface area (Å²) in [6, 6.07) is 8.81. The Labute approximate surface area is 157 Å². The molecule has 3 heterocycles. The number of pyridine rings is 2. The zero-order chi connectivity index (χ0) is 19.9. The quantitative estimate of drug-likeness (QED) is 0.619. The average Bonchev–Trinajstić information content (AvgIpc) is 3.03. The highest BCUT2D eigenvalue weighted by molar-refractivity contribution is 6.11. The molecule has 1 atom stereocenters. The molecule has 9 heteroatoms. The number of carbonyl (C=O) groups excluding carboxylic acids is 1. The molecule has 0 aliphatic carbocycles. The van der Waals surface area contributed by atoms with E-state index in [-0.39, 0.29) is 12.2 Å². The number of alkyl halides is 3. The molecule has 6 nitrogen and oxygen atoms in total. The Morgan fingerprint density at radius 3 is 2.57 bits per heavy atom. The van der Waals surface area contributed by atoms with E-state index in [2.05, 4.69) is 14.8 Å². The standard InChI is InChI=1S/C19H12F3N5O/c1-23-17-11-26(13-6-7-16(25-9-13)19(20,21)22)18(28)27(17)15-10-24-8-12-4-2-3-5-14(12)15/h2-10,17H,11H2/t17-/m1/s1. The summed E-state index contributed by atoms with van der Waals surface area (Å²) < 4.78 is 38.2. The van der Waals surface area contributed by atoms with Gasteiger partial charge in [-0.3, -0.25) is 14.7 Å². The summed E-state index contributed by atoms with van der Waals surface area (Å²) in [4.78, 5) is 26.7. The van der Waals surface area contributed by atoms with E-state index >= 15 is 0 Å². The zero-order valence-electron chi connectivity index (χ0n) is 14.3. The molecule has 3 aromatic rings. The molecule has 2 amide bonds. The molecule has 1 aliphatic heterocycles. The van der Waals surface area contributed by atoms with Crippen LogP contribution in [0.5, 0.6) is 0 Å². The number of carbonyl (C=O) groups is 1. The second-order valence-corrected chi connectivity index (χ2v) is 6.15. The van der Waals surface area contributed by atoms with Gasteiger partial charge in [-0.1, -0.05) is 24.3 Å². The lowest BCUT2D eigenvalue weighted by molar-refractivity contribution is -0.141. The number of hydrogen-bond donors (Lipinski definition) is 0. The molecule has 1 aromatic carbocycles.